The molecule has 4 unspecified atom stereocenters. The molecule has 4 nitrogen and oxygen atoms in total. The van der Waals surface area contributed by atoms with Crippen LogP contribution in [0.15, 0.2) is 0 Å². The molecule has 0 aromatic heterocycles. The van der Waals surface area contributed by atoms with Crippen molar-refractivity contribution in [3.05, 3.63) is 0 Å². The standard InChI is InChI=1S/C16H29N3O/c1-12(16(20)19-7-5-17-6-8-19)18(2)11-15-10-13-3-4-14(15)9-13/h12-15,17H,3-11H2,1-2H3. The van der Waals surface area contributed by atoms with E-state index in [1.165, 1.54) is 25.7 Å². The molecule has 2 bridgehead atoms. The van der Waals surface area contributed by atoms with Gasteiger partial charge in [0.05, 0.1) is 6.04 Å². The molecule has 1 aliphatic heterocycles. The van der Waals surface area contributed by atoms with Gasteiger partial charge in [-0.3, -0.25) is 9.69 Å². The highest BCUT2D eigenvalue weighted by Gasteiger charge is 2.40. The van der Waals surface area contributed by atoms with Gasteiger partial charge in [0.25, 0.3) is 0 Å². The number of carbonyl (C=O) groups excluding carboxylic acids is 1. The first kappa shape index (κ1) is 14.3. The molecule has 0 aromatic rings. The summed E-state index contributed by atoms with van der Waals surface area (Å²) < 4.78 is 0. The van der Waals surface area contributed by atoms with E-state index in [0.717, 1.165) is 50.5 Å². The molecule has 2 aliphatic carbocycles. The second-order valence-electron chi connectivity index (χ2n) is 7.13. The smallest absolute Gasteiger partial charge is 0.239 e. The lowest BCUT2D eigenvalue weighted by Gasteiger charge is -2.35. The van der Waals surface area contributed by atoms with Crippen molar-refractivity contribution in [3.63, 3.8) is 0 Å². The molecule has 0 aromatic carbocycles. The van der Waals surface area contributed by atoms with Crippen LogP contribution in [0.25, 0.3) is 0 Å². The van der Waals surface area contributed by atoms with Crippen LogP contribution in [0, 0.1) is 17.8 Å². The van der Waals surface area contributed by atoms with Crippen LogP contribution in [0.4, 0.5) is 0 Å². The molecule has 1 N–H and O–H groups in total. The number of likely N-dealkylation sites (N-methyl/N-ethyl adjacent to an activating group) is 1. The molecule has 1 heterocycles. The average molecular weight is 279 g/mol. The van der Waals surface area contributed by atoms with Gasteiger partial charge in [0.15, 0.2) is 0 Å². The zero-order valence-corrected chi connectivity index (χ0v) is 13.0. The Morgan fingerprint density at radius 1 is 1.30 bits per heavy atom. The fourth-order valence-electron chi connectivity index (χ4n) is 4.47. The SMILES string of the molecule is CC(C(=O)N1CCNCC1)N(C)CC1CC2CCC1C2. The zero-order chi connectivity index (χ0) is 14.1. The predicted molar refractivity (Wildman–Crippen MR) is 80.5 cm³/mol. The minimum Gasteiger partial charge on any atom is -0.339 e. The monoisotopic (exact) mass is 279 g/mol. The van der Waals surface area contributed by atoms with E-state index in [4.69, 9.17) is 0 Å². The number of hydrogen-bond donors (Lipinski definition) is 1. The minimum absolute atomic E-state index is 0.0345. The van der Waals surface area contributed by atoms with E-state index in [0.29, 0.717) is 5.91 Å². The van der Waals surface area contributed by atoms with Gasteiger partial charge in [-0.2, -0.15) is 0 Å². The van der Waals surface area contributed by atoms with Crippen molar-refractivity contribution >= 4 is 5.91 Å². The molecule has 3 fully saturated rings. The molecule has 4 atom stereocenters. The molecule has 114 valence electrons. The summed E-state index contributed by atoms with van der Waals surface area (Å²) in [5.41, 5.74) is 0. The summed E-state index contributed by atoms with van der Waals surface area (Å²) in [5.74, 6) is 3.11. The molecule has 1 amide bonds. The Balaban J connectivity index is 1.50. The van der Waals surface area contributed by atoms with E-state index in [1.54, 1.807) is 0 Å². The van der Waals surface area contributed by atoms with E-state index >= 15 is 0 Å². The summed E-state index contributed by atoms with van der Waals surface area (Å²) in [6.45, 7) is 6.80. The molecule has 0 spiro atoms. The Morgan fingerprint density at radius 3 is 2.65 bits per heavy atom. The molecule has 1 saturated heterocycles. The zero-order valence-electron chi connectivity index (χ0n) is 13.0. The van der Waals surface area contributed by atoms with E-state index in [2.05, 4.69) is 24.2 Å². The van der Waals surface area contributed by atoms with Gasteiger partial charge >= 0.3 is 0 Å². The molecule has 20 heavy (non-hydrogen) atoms. The van der Waals surface area contributed by atoms with Crippen LogP contribution < -0.4 is 5.32 Å². The first-order chi connectivity index (χ1) is 9.65. The van der Waals surface area contributed by atoms with Crippen molar-refractivity contribution in [2.24, 2.45) is 17.8 Å². The maximum absolute atomic E-state index is 12.5. The number of rotatable bonds is 4. The Hall–Kier alpha value is -0.610. The highest BCUT2D eigenvalue weighted by Crippen LogP contribution is 2.48. The van der Waals surface area contributed by atoms with E-state index in [1.807, 2.05) is 4.90 Å². The third-order valence-corrected chi connectivity index (χ3v) is 5.85. The van der Waals surface area contributed by atoms with Crippen LogP contribution in [0.5, 0.6) is 0 Å². The summed E-state index contributed by atoms with van der Waals surface area (Å²) in [6.07, 6.45) is 5.76. The second-order valence-corrected chi connectivity index (χ2v) is 7.13. The highest BCUT2D eigenvalue weighted by atomic mass is 16.2. The van der Waals surface area contributed by atoms with Crippen LogP contribution in [-0.2, 0) is 4.79 Å². The predicted octanol–water partition coefficient (Wildman–Crippen LogP) is 1.17. The summed E-state index contributed by atoms with van der Waals surface area (Å²) in [5, 5.41) is 3.31. The van der Waals surface area contributed by atoms with Crippen LogP contribution in [0.2, 0.25) is 0 Å². The maximum atomic E-state index is 12.5. The van der Waals surface area contributed by atoms with E-state index in [9.17, 15) is 4.79 Å². The highest BCUT2D eigenvalue weighted by molar-refractivity contribution is 5.81. The lowest BCUT2D eigenvalue weighted by molar-refractivity contribution is -0.136. The fraction of sp³-hybridized carbons (Fsp3) is 0.938. The number of fused-ring (bicyclic) bond motifs is 2. The van der Waals surface area contributed by atoms with Crippen LogP contribution >= 0.6 is 0 Å². The van der Waals surface area contributed by atoms with Crippen molar-refractivity contribution in [2.45, 2.75) is 38.6 Å². The summed E-state index contributed by atoms with van der Waals surface area (Å²) >= 11 is 0. The van der Waals surface area contributed by atoms with Crippen molar-refractivity contribution in [1.82, 2.24) is 15.1 Å². The fourth-order valence-corrected chi connectivity index (χ4v) is 4.47. The first-order valence-corrected chi connectivity index (χ1v) is 8.35. The van der Waals surface area contributed by atoms with Crippen LogP contribution in [0.1, 0.15) is 32.6 Å². The summed E-state index contributed by atoms with van der Waals surface area (Å²) in [7, 11) is 2.14. The van der Waals surface area contributed by atoms with Crippen molar-refractivity contribution in [1.29, 1.82) is 0 Å². The quantitative estimate of drug-likeness (QED) is 0.839. The summed E-state index contributed by atoms with van der Waals surface area (Å²) in [6, 6.07) is 0.0345. The Kier molecular flexibility index (Phi) is 4.32. The lowest BCUT2D eigenvalue weighted by Crippen LogP contribution is -2.53. The third-order valence-electron chi connectivity index (χ3n) is 5.85. The van der Waals surface area contributed by atoms with Crippen molar-refractivity contribution in [2.75, 3.05) is 39.8 Å². The molecular formula is C16H29N3O. The Bertz CT molecular complexity index is 354. The Morgan fingerprint density at radius 2 is 2.05 bits per heavy atom. The number of amides is 1. The number of nitrogens with one attached hydrogen (secondary N) is 1. The minimum atomic E-state index is 0.0345. The average Bonchev–Trinajstić information content (AvgIpc) is 3.09. The topological polar surface area (TPSA) is 35.6 Å². The maximum Gasteiger partial charge on any atom is 0.239 e. The normalized spacial score (nSPS) is 34.8. The van der Waals surface area contributed by atoms with Gasteiger partial charge in [-0.15, -0.1) is 0 Å². The molecular weight excluding hydrogens is 250 g/mol. The van der Waals surface area contributed by atoms with Gasteiger partial charge in [-0.05, 0) is 51.0 Å². The Labute approximate surface area is 122 Å². The van der Waals surface area contributed by atoms with E-state index in [-0.39, 0.29) is 6.04 Å². The first-order valence-electron chi connectivity index (χ1n) is 8.35. The van der Waals surface area contributed by atoms with Crippen LogP contribution in [-0.4, -0.2) is 61.5 Å². The van der Waals surface area contributed by atoms with Gasteiger partial charge in [-0.25, -0.2) is 0 Å². The van der Waals surface area contributed by atoms with Crippen molar-refractivity contribution in [3.8, 4) is 0 Å². The molecule has 0 radical (unpaired) electrons. The third kappa shape index (κ3) is 2.86. The number of piperazine rings is 1. The van der Waals surface area contributed by atoms with E-state index < -0.39 is 0 Å². The molecule has 2 saturated carbocycles. The van der Waals surface area contributed by atoms with Crippen molar-refractivity contribution < 1.29 is 4.79 Å². The van der Waals surface area contributed by atoms with Gasteiger partial charge in [-0.1, -0.05) is 6.42 Å². The summed E-state index contributed by atoms with van der Waals surface area (Å²) in [4.78, 5) is 16.9. The molecule has 3 aliphatic rings. The van der Waals surface area contributed by atoms with Gasteiger partial charge in [0, 0.05) is 32.7 Å². The second kappa shape index (κ2) is 6.02. The molecule has 4 heteroatoms. The number of hydrogen-bond acceptors (Lipinski definition) is 3. The number of carbonyl (C=O) groups is 1. The van der Waals surface area contributed by atoms with Gasteiger partial charge in [0.1, 0.15) is 0 Å². The lowest BCUT2D eigenvalue weighted by atomic mass is 9.88. The van der Waals surface area contributed by atoms with Gasteiger partial charge < -0.3 is 10.2 Å². The van der Waals surface area contributed by atoms with Gasteiger partial charge in [0.2, 0.25) is 5.91 Å². The number of nitrogens with zero attached hydrogens (tertiary/aromatic N) is 2. The molecule has 3 rings (SSSR count). The van der Waals surface area contributed by atoms with Crippen LogP contribution in [0.3, 0.4) is 0 Å². The largest absolute Gasteiger partial charge is 0.339 e.